The number of amides is 2. The molecule has 0 spiro atoms. The summed E-state index contributed by atoms with van der Waals surface area (Å²) < 4.78 is 0. The molecule has 15 heavy (non-hydrogen) atoms. The highest BCUT2D eigenvalue weighted by Gasteiger charge is 2.29. The van der Waals surface area contributed by atoms with Gasteiger partial charge in [-0.2, -0.15) is 0 Å². The number of imide groups is 1. The molecule has 1 atom stereocenters. The van der Waals surface area contributed by atoms with Crippen molar-refractivity contribution in [3.63, 3.8) is 0 Å². The summed E-state index contributed by atoms with van der Waals surface area (Å²) >= 11 is 0. The molecule has 4 heteroatoms. The van der Waals surface area contributed by atoms with Crippen molar-refractivity contribution in [2.45, 2.75) is 38.1 Å². The minimum Gasteiger partial charge on any atom is -0.305 e. The second-order valence-electron chi connectivity index (χ2n) is 4.13. The number of hydrogen-bond donors (Lipinski definition) is 2. The molecule has 2 amide bonds. The van der Waals surface area contributed by atoms with Crippen molar-refractivity contribution >= 4 is 11.8 Å². The van der Waals surface area contributed by atoms with Crippen LogP contribution < -0.4 is 10.6 Å². The van der Waals surface area contributed by atoms with Crippen molar-refractivity contribution in [3.8, 4) is 0 Å². The van der Waals surface area contributed by atoms with Crippen LogP contribution in [0.2, 0.25) is 0 Å². The summed E-state index contributed by atoms with van der Waals surface area (Å²) in [5.41, 5.74) is 1.48. The fourth-order valence-electron chi connectivity index (χ4n) is 2.09. The van der Waals surface area contributed by atoms with Crippen molar-refractivity contribution in [1.29, 1.82) is 0 Å². The number of carbonyl (C=O) groups is 2. The van der Waals surface area contributed by atoms with Gasteiger partial charge in [0, 0.05) is 0 Å². The molecule has 0 aromatic carbocycles. The first-order valence-corrected chi connectivity index (χ1v) is 5.50. The highest BCUT2D eigenvalue weighted by atomic mass is 16.2. The SMILES string of the molecule is O=C1CC(NCCC2=CCCC2)C(=O)N1. The fraction of sp³-hybridized carbons (Fsp3) is 0.636. The molecule has 4 nitrogen and oxygen atoms in total. The lowest BCUT2D eigenvalue weighted by atomic mass is 10.1. The Morgan fingerprint density at radius 1 is 1.47 bits per heavy atom. The van der Waals surface area contributed by atoms with Crippen LogP contribution in [0.3, 0.4) is 0 Å². The first kappa shape index (κ1) is 10.4. The molecule has 2 rings (SSSR count). The summed E-state index contributed by atoms with van der Waals surface area (Å²) in [6, 6.07) is -0.306. The molecule has 0 saturated carbocycles. The highest BCUT2D eigenvalue weighted by molar-refractivity contribution is 6.05. The Morgan fingerprint density at radius 3 is 2.93 bits per heavy atom. The Labute approximate surface area is 89.1 Å². The van der Waals surface area contributed by atoms with Crippen molar-refractivity contribution < 1.29 is 9.59 Å². The zero-order valence-corrected chi connectivity index (χ0v) is 8.71. The Balaban J connectivity index is 1.69. The van der Waals surface area contributed by atoms with E-state index >= 15 is 0 Å². The lowest BCUT2D eigenvalue weighted by Gasteiger charge is -2.08. The molecule has 1 aliphatic heterocycles. The molecule has 1 saturated heterocycles. The molecule has 0 radical (unpaired) electrons. The third kappa shape index (κ3) is 2.65. The number of carbonyl (C=O) groups excluding carboxylic acids is 2. The predicted molar refractivity (Wildman–Crippen MR) is 56.1 cm³/mol. The molecule has 1 unspecified atom stereocenters. The molecule has 2 aliphatic rings. The summed E-state index contributed by atoms with van der Waals surface area (Å²) in [6.07, 6.45) is 7.21. The second kappa shape index (κ2) is 4.57. The van der Waals surface area contributed by atoms with Gasteiger partial charge in [0.2, 0.25) is 11.8 Å². The number of rotatable bonds is 4. The molecule has 0 aromatic heterocycles. The van der Waals surface area contributed by atoms with E-state index in [0.717, 1.165) is 13.0 Å². The van der Waals surface area contributed by atoms with Crippen LogP contribution in [0.1, 0.15) is 32.1 Å². The van der Waals surface area contributed by atoms with E-state index in [-0.39, 0.29) is 24.3 Å². The van der Waals surface area contributed by atoms with Crippen LogP contribution >= 0.6 is 0 Å². The lowest BCUT2D eigenvalue weighted by molar-refractivity contribution is -0.125. The molecule has 1 fully saturated rings. The van der Waals surface area contributed by atoms with Crippen LogP contribution in [0.4, 0.5) is 0 Å². The van der Waals surface area contributed by atoms with Crippen LogP contribution in [0.5, 0.6) is 0 Å². The fourth-order valence-corrected chi connectivity index (χ4v) is 2.09. The minimum absolute atomic E-state index is 0.169. The van der Waals surface area contributed by atoms with E-state index in [4.69, 9.17) is 0 Å². The molecule has 1 aliphatic carbocycles. The number of allylic oxidation sites excluding steroid dienone is 1. The Morgan fingerprint density at radius 2 is 2.33 bits per heavy atom. The molecule has 0 bridgehead atoms. The molecule has 1 heterocycles. The van der Waals surface area contributed by atoms with Gasteiger partial charge in [0.25, 0.3) is 0 Å². The van der Waals surface area contributed by atoms with E-state index in [9.17, 15) is 9.59 Å². The van der Waals surface area contributed by atoms with E-state index in [2.05, 4.69) is 16.7 Å². The maximum atomic E-state index is 11.2. The maximum absolute atomic E-state index is 11.2. The van der Waals surface area contributed by atoms with Gasteiger partial charge in [-0.15, -0.1) is 0 Å². The molecular weight excluding hydrogens is 192 g/mol. The van der Waals surface area contributed by atoms with Crippen LogP contribution in [-0.4, -0.2) is 24.4 Å². The largest absolute Gasteiger partial charge is 0.305 e. The Kier molecular flexibility index (Phi) is 3.16. The quantitative estimate of drug-likeness (QED) is 0.522. The van der Waals surface area contributed by atoms with Crippen molar-refractivity contribution in [2.75, 3.05) is 6.54 Å². The van der Waals surface area contributed by atoms with Gasteiger partial charge < -0.3 is 5.32 Å². The van der Waals surface area contributed by atoms with Crippen molar-refractivity contribution in [2.24, 2.45) is 0 Å². The predicted octanol–water partition coefficient (Wildman–Crippen LogP) is 0.492. The van der Waals surface area contributed by atoms with Crippen LogP contribution in [0.15, 0.2) is 11.6 Å². The number of nitrogens with one attached hydrogen (secondary N) is 2. The average Bonchev–Trinajstić information content (AvgIpc) is 2.77. The number of hydrogen-bond acceptors (Lipinski definition) is 3. The zero-order valence-electron chi connectivity index (χ0n) is 8.71. The summed E-state index contributed by atoms with van der Waals surface area (Å²) in [4.78, 5) is 22.1. The van der Waals surface area contributed by atoms with Crippen LogP contribution in [0.25, 0.3) is 0 Å². The summed E-state index contributed by atoms with van der Waals surface area (Å²) in [5, 5.41) is 5.41. The van der Waals surface area contributed by atoms with E-state index < -0.39 is 0 Å². The minimum atomic E-state index is -0.306. The smallest absolute Gasteiger partial charge is 0.244 e. The maximum Gasteiger partial charge on any atom is 0.244 e. The summed E-state index contributed by atoms with van der Waals surface area (Å²) in [5.74, 6) is -0.349. The van der Waals surface area contributed by atoms with Gasteiger partial charge >= 0.3 is 0 Å². The van der Waals surface area contributed by atoms with E-state index in [1.54, 1.807) is 0 Å². The zero-order chi connectivity index (χ0) is 10.7. The van der Waals surface area contributed by atoms with Gasteiger partial charge in [-0.3, -0.25) is 14.9 Å². The standard InChI is InChI=1S/C11H16N2O2/c14-10-7-9(11(15)13-10)12-6-5-8-3-1-2-4-8/h3,9,12H,1-2,4-7H2,(H,13,14,15). The average molecular weight is 208 g/mol. The molecular formula is C11H16N2O2. The third-order valence-electron chi connectivity index (χ3n) is 2.94. The van der Waals surface area contributed by atoms with E-state index in [0.29, 0.717) is 0 Å². The topological polar surface area (TPSA) is 58.2 Å². The van der Waals surface area contributed by atoms with E-state index in [1.165, 1.54) is 24.8 Å². The van der Waals surface area contributed by atoms with Gasteiger partial charge in [0.1, 0.15) is 0 Å². The third-order valence-corrected chi connectivity index (χ3v) is 2.94. The van der Waals surface area contributed by atoms with Crippen LogP contribution in [0, 0.1) is 0 Å². The van der Waals surface area contributed by atoms with Gasteiger partial charge in [0.15, 0.2) is 0 Å². The second-order valence-corrected chi connectivity index (χ2v) is 4.13. The van der Waals surface area contributed by atoms with Gasteiger partial charge in [-0.1, -0.05) is 11.6 Å². The van der Waals surface area contributed by atoms with Crippen molar-refractivity contribution in [3.05, 3.63) is 11.6 Å². The highest BCUT2D eigenvalue weighted by Crippen LogP contribution is 2.19. The monoisotopic (exact) mass is 208 g/mol. The summed E-state index contributed by atoms with van der Waals surface area (Å²) in [6.45, 7) is 0.789. The molecule has 2 N–H and O–H groups in total. The van der Waals surface area contributed by atoms with Gasteiger partial charge in [0.05, 0.1) is 12.5 Å². The Hall–Kier alpha value is -1.16. The first-order chi connectivity index (χ1) is 7.25. The Bertz CT molecular complexity index is 310. The van der Waals surface area contributed by atoms with Crippen molar-refractivity contribution in [1.82, 2.24) is 10.6 Å². The van der Waals surface area contributed by atoms with Gasteiger partial charge in [-0.25, -0.2) is 0 Å². The first-order valence-electron chi connectivity index (χ1n) is 5.50. The van der Waals surface area contributed by atoms with Gasteiger partial charge in [-0.05, 0) is 32.2 Å². The lowest BCUT2D eigenvalue weighted by Crippen LogP contribution is -2.36. The normalized spacial score (nSPS) is 25.6. The molecule has 0 aromatic rings. The van der Waals surface area contributed by atoms with Crippen LogP contribution in [-0.2, 0) is 9.59 Å². The van der Waals surface area contributed by atoms with E-state index in [1.807, 2.05) is 0 Å². The summed E-state index contributed by atoms with van der Waals surface area (Å²) in [7, 11) is 0. The molecule has 82 valence electrons.